The SMILES string of the molecule is CC(C)C(C)(O)C=NN(C)C. The van der Waals surface area contributed by atoms with Crippen molar-refractivity contribution in [2.24, 2.45) is 11.0 Å². The van der Waals surface area contributed by atoms with Crippen LogP contribution in [0.25, 0.3) is 0 Å². The van der Waals surface area contributed by atoms with E-state index in [0.29, 0.717) is 0 Å². The Kier molecular flexibility index (Phi) is 3.52. The fraction of sp³-hybridized carbons (Fsp3) is 0.875. The fourth-order valence-electron chi connectivity index (χ4n) is 0.381. The molecule has 0 aromatic carbocycles. The highest BCUT2D eigenvalue weighted by Crippen LogP contribution is 2.12. The van der Waals surface area contributed by atoms with Gasteiger partial charge in [0, 0.05) is 14.1 Å². The molecule has 0 bridgehead atoms. The van der Waals surface area contributed by atoms with Crippen molar-refractivity contribution in [3.8, 4) is 0 Å². The van der Waals surface area contributed by atoms with E-state index < -0.39 is 5.60 Å². The maximum Gasteiger partial charge on any atom is 0.101 e. The average Bonchev–Trinajstić information content (AvgIpc) is 1.84. The molecule has 0 aromatic heterocycles. The first kappa shape index (κ1) is 10.4. The number of hydrogen-bond donors (Lipinski definition) is 1. The second-order valence-electron chi connectivity index (χ2n) is 3.47. The van der Waals surface area contributed by atoms with E-state index in [4.69, 9.17) is 0 Å². The predicted octanol–water partition coefficient (Wildman–Crippen LogP) is 0.941. The van der Waals surface area contributed by atoms with Crippen molar-refractivity contribution >= 4 is 6.21 Å². The topological polar surface area (TPSA) is 35.8 Å². The van der Waals surface area contributed by atoms with Crippen molar-refractivity contribution < 1.29 is 5.11 Å². The monoisotopic (exact) mass is 158 g/mol. The molecule has 0 aromatic rings. The van der Waals surface area contributed by atoms with E-state index >= 15 is 0 Å². The third kappa shape index (κ3) is 3.98. The summed E-state index contributed by atoms with van der Waals surface area (Å²) in [5.41, 5.74) is -0.801. The summed E-state index contributed by atoms with van der Waals surface area (Å²) in [5.74, 6) is 0.186. The highest BCUT2D eigenvalue weighted by Gasteiger charge is 2.21. The van der Waals surface area contributed by atoms with Gasteiger partial charge in [-0.25, -0.2) is 0 Å². The standard InChI is InChI=1S/C8H18N2O/c1-7(2)8(3,11)6-9-10(4)5/h6-7,11H,1-5H3. The molecule has 0 amide bonds. The van der Waals surface area contributed by atoms with Gasteiger partial charge in [-0.1, -0.05) is 13.8 Å². The van der Waals surface area contributed by atoms with Gasteiger partial charge < -0.3 is 10.1 Å². The van der Waals surface area contributed by atoms with Crippen LogP contribution in [-0.2, 0) is 0 Å². The van der Waals surface area contributed by atoms with E-state index in [2.05, 4.69) is 5.10 Å². The van der Waals surface area contributed by atoms with Crippen LogP contribution in [-0.4, -0.2) is 36.0 Å². The average molecular weight is 158 g/mol. The van der Waals surface area contributed by atoms with Crippen LogP contribution in [0.1, 0.15) is 20.8 Å². The fourth-order valence-corrected chi connectivity index (χ4v) is 0.381. The Morgan fingerprint density at radius 2 is 1.91 bits per heavy atom. The van der Waals surface area contributed by atoms with Crippen LogP contribution < -0.4 is 0 Å². The molecule has 0 aliphatic heterocycles. The summed E-state index contributed by atoms with van der Waals surface area (Å²) in [4.78, 5) is 0. The Balaban J connectivity index is 4.11. The number of hydrazone groups is 1. The van der Waals surface area contributed by atoms with E-state index in [1.807, 2.05) is 27.9 Å². The number of nitrogens with zero attached hydrogens (tertiary/aromatic N) is 2. The zero-order valence-corrected chi connectivity index (χ0v) is 8.00. The molecular formula is C8H18N2O. The first-order valence-electron chi connectivity index (χ1n) is 3.81. The minimum atomic E-state index is -0.801. The van der Waals surface area contributed by atoms with Crippen LogP contribution in [0.15, 0.2) is 5.10 Å². The van der Waals surface area contributed by atoms with Crippen molar-refractivity contribution in [2.75, 3.05) is 14.1 Å². The van der Waals surface area contributed by atoms with Crippen LogP contribution in [0.3, 0.4) is 0 Å². The maximum absolute atomic E-state index is 9.66. The number of rotatable bonds is 3. The largest absolute Gasteiger partial charge is 0.384 e. The number of hydrogen-bond acceptors (Lipinski definition) is 3. The molecule has 3 heteroatoms. The van der Waals surface area contributed by atoms with Crippen molar-refractivity contribution in [1.82, 2.24) is 5.01 Å². The van der Waals surface area contributed by atoms with Crippen LogP contribution in [0, 0.1) is 5.92 Å². The van der Waals surface area contributed by atoms with Crippen molar-refractivity contribution in [2.45, 2.75) is 26.4 Å². The molecule has 0 spiro atoms. The van der Waals surface area contributed by atoms with Crippen LogP contribution in [0.5, 0.6) is 0 Å². The summed E-state index contributed by atoms with van der Waals surface area (Å²) in [5, 5.41) is 15.3. The van der Waals surface area contributed by atoms with Crippen LogP contribution >= 0.6 is 0 Å². The highest BCUT2D eigenvalue weighted by atomic mass is 16.3. The predicted molar refractivity (Wildman–Crippen MR) is 47.6 cm³/mol. The Labute approximate surface area is 68.7 Å². The van der Waals surface area contributed by atoms with E-state index in [9.17, 15) is 5.11 Å². The molecule has 0 rings (SSSR count). The van der Waals surface area contributed by atoms with E-state index in [1.165, 1.54) is 0 Å². The van der Waals surface area contributed by atoms with E-state index in [-0.39, 0.29) is 5.92 Å². The third-order valence-corrected chi connectivity index (χ3v) is 1.72. The van der Waals surface area contributed by atoms with Crippen molar-refractivity contribution in [1.29, 1.82) is 0 Å². The molecule has 0 saturated heterocycles. The molecule has 1 N–H and O–H groups in total. The molecule has 0 aliphatic rings. The van der Waals surface area contributed by atoms with Gasteiger partial charge in [-0.2, -0.15) is 5.10 Å². The first-order valence-corrected chi connectivity index (χ1v) is 3.81. The van der Waals surface area contributed by atoms with Crippen molar-refractivity contribution in [3.63, 3.8) is 0 Å². The quantitative estimate of drug-likeness (QED) is 0.490. The smallest absolute Gasteiger partial charge is 0.101 e. The zero-order chi connectivity index (χ0) is 9.07. The Hall–Kier alpha value is -0.570. The molecule has 0 aliphatic carbocycles. The van der Waals surface area contributed by atoms with Gasteiger partial charge >= 0.3 is 0 Å². The van der Waals surface area contributed by atoms with Gasteiger partial charge in [0.1, 0.15) is 5.60 Å². The van der Waals surface area contributed by atoms with Gasteiger partial charge in [0.2, 0.25) is 0 Å². The van der Waals surface area contributed by atoms with Gasteiger partial charge in [0.15, 0.2) is 0 Å². The van der Waals surface area contributed by atoms with Gasteiger partial charge in [0.25, 0.3) is 0 Å². The second-order valence-corrected chi connectivity index (χ2v) is 3.47. The molecule has 0 fully saturated rings. The van der Waals surface area contributed by atoms with E-state index in [1.54, 1.807) is 18.1 Å². The molecule has 0 saturated carbocycles. The lowest BCUT2D eigenvalue weighted by atomic mass is 9.94. The lowest BCUT2D eigenvalue weighted by Gasteiger charge is -2.22. The Morgan fingerprint density at radius 3 is 2.18 bits per heavy atom. The molecule has 0 radical (unpaired) electrons. The number of aliphatic hydroxyl groups is 1. The summed E-state index contributed by atoms with van der Waals surface area (Å²) in [6.07, 6.45) is 1.57. The first-order chi connectivity index (χ1) is 4.86. The summed E-state index contributed by atoms with van der Waals surface area (Å²) in [7, 11) is 3.65. The van der Waals surface area contributed by atoms with Gasteiger partial charge in [-0.15, -0.1) is 0 Å². The highest BCUT2D eigenvalue weighted by molar-refractivity contribution is 5.67. The molecule has 3 nitrogen and oxygen atoms in total. The molecule has 0 heterocycles. The zero-order valence-electron chi connectivity index (χ0n) is 8.00. The van der Waals surface area contributed by atoms with E-state index in [0.717, 1.165) is 0 Å². The molecule has 1 atom stereocenters. The van der Waals surface area contributed by atoms with Crippen molar-refractivity contribution in [3.05, 3.63) is 0 Å². The Morgan fingerprint density at radius 1 is 1.45 bits per heavy atom. The summed E-state index contributed by atoms with van der Waals surface area (Å²) in [6, 6.07) is 0. The normalized spacial score (nSPS) is 17.4. The minimum absolute atomic E-state index is 0.186. The minimum Gasteiger partial charge on any atom is -0.384 e. The summed E-state index contributed by atoms with van der Waals surface area (Å²) in [6.45, 7) is 5.67. The van der Waals surface area contributed by atoms with Crippen LogP contribution in [0.4, 0.5) is 0 Å². The third-order valence-electron chi connectivity index (χ3n) is 1.72. The van der Waals surface area contributed by atoms with Gasteiger partial charge in [-0.3, -0.25) is 0 Å². The Bertz CT molecular complexity index is 139. The second kappa shape index (κ2) is 3.72. The molecule has 1 unspecified atom stereocenters. The summed E-state index contributed by atoms with van der Waals surface area (Å²) < 4.78 is 0. The molecule has 66 valence electrons. The van der Waals surface area contributed by atoms with Gasteiger partial charge in [0.05, 0.1) is 6.21 Å². The van der Waals surface area contributed by atoms with Gasteiger partial charge in [-0.05, 0) is 12.8 Å². The lowest BCUT2D eigenvalue weighted by molar-refractivity contribution is 0.0864. The van der Waals surface area contributed by atoms with Crippen LogP contribution in [0.2, 0.25) is 0 Å². The lowest BCUT2D eigenvalue weighted by Crippen LogP contribution is -2.33. The summed E-state index contributed by atoms with van der Waals surface area (Å²) >= 11 is 0. The molecular weight excluding hydrogens is 140 g/mol. The maximum atomic E-state index is 9.66. The molecule has 11 heavy (non-hydrogen) atoms.